The van der Waals surface area contributed by atoms with Gasteiger partial charge < -0.3 is 14.4 Å². The van der Waals surface area contributed by atoms with E-state index in [0.717, 1.165) is 83.3 Å². The second-order valence-corrected chi connectivity index (χ2v) is 14.6. The molecule has 47 heavy (non-hydrogen) atoms. The molecule has 3 aromatic heterocycles. The Kier molecular flexibility index (Phi) is 8.53. The van der Waals surface area contributed by atoms with Crippen LogP contribution in [-0.4, -0.2) is 41.8 Å². The van der Waals surface area contributed by atoms with Crippen molar-refractivity contribution in [2.24, 2.45) is 21.1 Å². The molecule has 11 heteroatoms. The summed E-state index contributed by atoms with van der Waals surface area (Å²) in [7, 11) is 5.76. The molecular weight excluding hydrogens is 650 g/mol. The number of carbonyl (C=O) groups is 1. The lowest BCUT2D eigenvalue weighted by atomic mass is 9.93. The van der Waals surface area contributed by atoms with Crippen LogP contribution in [0.1, 0.15) is 58.1 Å². The molecule has 0 radical (unpaired) electrons. The average molecular weight is 686 g/mol. The number of thioether (sulfide) groups is 2. The summed E-state index contributed by atoms with van der Waals surface area (Å²) in [5.74, 6) is 1.93. The van der Waals surface area contributed by atoms with Crippen molar-refractivity contribution in [3.63, 3.8) is 0 Å². The Morgan fingerprint density at radius 1 is 0.979 bits per heavy atom. The van der Waals surface area contributed by atoms with Gasteiger partial charge in [0.25, 0.3) is 0 Å². The lowest BCUT2D eigenvalue weighted by Gasteiger charge is -2.16. The number of ether oxygens (including phenoxy) is 1. The first kappa shape index (κ1) is 31.7. The molecule has 0 amide bonds. The predicted octanol–water partition coefficient (Wildman–Crippen LogP) is 8.74. The van der Waals surface area contributed by atoms with Gasteiger partial charge in [-0.3, -0.25) is 9.36 Å². The van der Waals surface area contributed by atoms with Crippen molar-refractivity contribution in [3.05, 3.63) is 93.7 Å². The fraction of sp³-hybridized carbons (Fsp3) is 0.306. The third-order valence-corrected chi connectivity index (χ3v) is 11.5. The second kappa shape index (κ2) is 12.6. The molecule has 8 bridgehead atoms. The number of rotatable bonds is 1. The van der Waals surface area contributed by atoms with Crippen LogP contribution < -0.4 is 4.74 Å². The number of halogens is 1. The Balaban J connectivity index is 1.38. The number of aryl methyl sites for hydroxylation is 3. The third-order valence-electron chi connectivity index (χ3n) is 9.20. The SMILES string of the molecule is Cc1c2c(nn1C)CSCc1cc(n(C)n1)CSc1cc(c3ccccc3c1)OCC[C@H](C)c1c(C(=O)O)n(C)c3c-2c(Cl)ccc13. The van der Waals surface area contributed by atoms with Gasteiger partial charge in [0.15, 0.2) is 0 Å². The highest BCUT2D eigenvalue weighted by atomic mass is 35.5. The van der Waals surface area contributed by atoms with Gasteiger partial charge in [-0.15, -0.1) is 23.5 Å². The smallest absolute Gasteiger partial charge is 0.352 e. The van der Waals surface area contributed by atoms with Gasteiger partial charge in [0.05, 0.1) is 28.5 Å². The summed E-state index contributed by atoms with van der Waals surface area (Å²) < 4.78 is 12.2. The highest BCUT2D eigenvalue weighted by Crippen LogP contribution is 2.44. The molecule has 0 aliphatic carbocycles. The Bertz CT molecular complexity index is 2180. The first-order valence-electron chi connectivity index (χ1n) is 15.6. The van der Waals surface area contributed by atoms with Crippen LogP contribution >= 0.6 is 35.1 Å². The van der Waals surface area contributed by atoms with Gasteiger partial charge in [0.1, 0.15) is 11.4 Å². The van der Waals surface area contributed by atoms with Crippen LogP contribution in [0.4, 0.5) is 0 Å². The van der Waals surface area contributed by atoms with Gasteiger partial charge in [0, 0.05) is 76.6 Å². The van der Waals surface area contributed by atoms with E-state index in [1.165, 1.54) is 0 Å². The van der Waals surface area contributed by atoms with Crippen molar-refractivity contribution in [2.75, 3.05) is 6.61 Å². The minimum atomic E-state index is -0.966. The Morgan fingerprint density at radius 3 is 2.60 bits per heavy atom. The molecule has 1 atom stereocenters. The highest BCUT2D eigenvalue weighted by Gasteiger charge is 2.29. The number of nitrogens with zero attached hydrogens (tertiary/aromatic N) is 5. The van der Waals surface area contributed by atoms with Crippen LogP contribution in [0.25, 0.3) is 32.8 Å². The number of hydrogen-bond acceptors (Lipinski definition) is 6. The minimum absolute atomic E-state index is 0.0967. The maximum absolute atomic E-state index is 12.9. The Morgan fingerprint density at radius 2 is 1.79 bits per heavy atom. The molecule has 0 unspecified atom stereocenters. The summed E-state index contributed by atoms with van der Waals surface area (Å²) in [5.41, 5.74) is 7.68. The molecule has 4 heterocycles. The number of aromatic nitrogens is 5. The summed E-state index contributed by atoms with van der Waals surface area (Å²) >= 11 is 10.5. The van der Waals surface area contributed by atoms with Crippen LogP contribution in [0.3, 0.4) is 0 Å². The fourth-order valence-corrected chi connectivity index (χ4v) is 8.86. The van der Waals surface area contributed by atoms with Gasteiger partial charge in [-0.05, 0) is 54.5 Å². The zero-order chi connectivity index (χ0) is 33.0. The lowest BCUT2D eigenvalue weighted by molar-refractivity contribution is 0.0685. The Labute approximate surface area is 287 Å². The topological polar surface area (TPSA) is 87.1 Å². The normalized spacial score (nSPS) is 15.8. The first-order valence-corrected chi connectivity index (χ1v) is 18.1. The minimum Gasteiger partial charge on any atom is -0.493 e. The number of hydrogen-bond donors (Lipinski definition) is 1. The first-order chi connectivity index (χ1) is 22.6. The van der Waals surface area contributed by atoms with E-state index in [1.54, 1.807) is 28.1 Å². The zero-order valence-corrected chi connectivity index (χ0v) is 29.4. The largest absolute Gasteiger partial charge is 0.493 e. The van der Waals surface area contributed by atoms with Gasteiger partial charge in [0.2, 0.25) is 0 Å². The Hall–Kier alpha value is -3.86. The molecule has 0 saturated carbocycles. The molecule has 242 valence electrons. The summed E-state index contributed by atoms with van der Waals surface area (Å²) in [6, 6.07) is 18.6. The number of benzene rings is 3. The van der Waals surface area contributed by atoms with Crippen LogP contribution in [0.2, 0.25) is 5.02 Å². The highest BCUT2D eigenvalue weighted by molar-refractivity contribution is 7.98. The van der Waals surface area contributed by atoms with Crippen LogP contribution in [0, 0.1) is 6.92 Å². The van der Waals surface area contributed by atoms with Crippen molar-refractivity contribution < 1.29 is 14.6 Å². The zero-order valence-electron chi connectivity index (χ0n) is 27.0. The van der Waals surface area contributed by atoms with Crippen LogP contribution in [0.15, 0.2) is 59.5 Å². The molecule has 0 saturated heterocycles. The van der Waals surface area contributed by atoms with Crippen LogP contribution in [-0.2, 0) is 38.4 Å². The molecular formula is C36H36ClN5O3S2. The third kappa shape index (κ3) is 5.70. The fourth-order valence-electron chi connectivity index (χ4n) is 6.78. The van der Waals surface area contributed by atoms with Crippen molar-refractivity contribution in [3.8, 4) is 16.9 Å². The van der Waals surface area contributed by atoms with Crippen molar-refractivity contribution in [2.45, 2.75) is 48.3 Å². The van der Waals surface area contributed by atoms with E-state index in [0.29, 0.717) is 23.8 Å². The number of carboxylic acid groups (broad SMARTS) is 1. The quantitative estimate of drug-likeness (QED) is 0.185. The summed E-state index contributed by atoms with van der Waals surface area (Å²) in [5, 5.41) is 23.9. The van der Waals surface area contributed by atoms with E-state index in [1.807, 2.05) is 61.7 Å². The molecule has 0 spiro atoms. The summed E-state index contributed by atoms with van der Waals surface area (Å²) in [4.78, 5) is 14.0. The standard InChI is InChI=1S/C36H36ClN5O3S2/c1-20-12-13-45-30-16-25(14-22-8-6-7-9-26(22)30)47-18-24-15-23(38-42(24)5)17-46-19-29-32(21(2)41(4)39-29)33-28(37)11-10-27-31(20)35(36(43)44)40(3)34(27)33/h6-11,14-16,20H,12-13,17-19H2,1-5H3,(H,43,44)/t20-/m0/s1. The van der Waals surface area contributed by atoms with E-state index in [4.69, 9.17) is 26.5 Å². The predicted molar refractivity (Wildman–Crippen MR) is 192 cm³/mol. The number of aromatic carboxylic acids is 1. The average Bonchev–Trinajstić information content (AvgIpc) is 3.65. The molecule has 1 N–H and O–H groups in total. The van der Waals surface area contributed by atoms with E-state index < -0.39 is 5.97 Å². The van der Waals surface area contributed by atoms with E-state index in [-0.39, 0.29) is 11.6 Å². The maximum Gasteiger partial charge on any atom is 0.352 e. The van der Waals surface area contributed by atoms with Crippen molar-refractivity contribution in [1.82, 2.24) is 24.1 Å². The number of carboxylic acids is 1. The van der Waals surface area contributed by atoms with E-state index >= 15 is 0 Å². The summed E-state index contributed by atoms with van der Waals surface area (Å²) in [6.45, 7) is 4.55. The lowest BCUT2D eigenvalue weighted by Crippen LogP contribution is -2.11. The van der Waals surface area contributed by atoms with Crippen LogP contribution in [0.5, 0.6) is 5.75 Å². The van der Waals surface area contributed by atoms with Gasteiger partial charge >= 0.3 is 5.97 Å². The molecule has 8 nitrogen and oxygen atoms in total. The van der Waals surface area contributed by atoms with Gasteiger partial charge in [-0.1, -0.05) is 48.9 Å². The van der Waals surface area contributed by atoms with Gasteiger partial charge in [-0.25, -0.2) is 4.79 Å². The monoisotopic (exact) mass is 685 g/mol. The maximum atomic E-state index is 12.9. The second-order valence-electron chi connectivity index (χ2n) is 12.2. The molecule has 0 fully saturated rings. The molecule has 1 aliphatic rings. The summed E-state index contributed by atoms with van der Waals surface area (Å²) in [6.07, 6.45) is 0.634. The van der Waals surface area contributed by atoms with E-state index in [9.17, 15) is 9.90 Å². The number of fused-ring (bicyclic) bond motifs is 8. The molecule has 6 aromatic rings. The molecule has 1 aliphatic heterocycles. The van der Waals surface area contributed by atoms with E-state index in [2.05, 4.69) is 37.3 Å². The van der Waals surface area contributed by atoms with Gasteiger partial charge in [-0.2, -0.15) is 10.2 Å². The molecule has 7 rings (SSSR count). The molecule has 3 aromatic carbocycles. The van der Waals surface area contributed by atoms with Crippen molar-refractivity contribution >= 4 is 62.8 Å². The van der Waals surface area contributed by atoms with Crippen molar-refractivity contribution in [1.29, 1.82) is 0 Å².